The molecule has 0 fully saturated rings. The van der Waals surface area contributed by atoms with Gasteiger partial charge < -0.3 is 14.8 Å². The highest BCUT2D eigenvalue weighted by Gasteiger charge is 2.09. The average Bonchev–Trinajstić information content (AvgIpc) is 2.92. The molecule has 0 aliphatic carbocycles. The second-order valence-corrected chi connectivity index (χ2v) is 6.34. The van der Waals surface area contributed by atoms with Gasteiger partial charge in [-0.3, -0.25) is 4.99 Å². The van der Waals surface area contributed by atoms with Gasteiger partial charge in [-0.1, -0.05) is 15.9 Å². The Morgan fingerprint density at radius 3 is 2.83 bits per heavy atom. The van der Waals surface area contributed by atoms with Crippen molar-refractivity contribution in [1.82, 2.24) is 14.8 Å². The van der Waals surface area contributed by atoms with Gasteiger partial charge in [0.05, 0.1) is 6.54 Å². The molecule has 0 aliphatic rings. The van der Waals surface area contributed by atoms with Crippen LogP contribution in [0, 0.1) is 5.82 Å². The van der Waals surface area contributed by atoms with Gasteiger partial charge in [-0.2, -0.15) is 0 Å². The molecule has 0 aliphatic heterocycles. The van der Waals surface area contributed by atoms with Crippen molar-refractivity contribution in [2.24, 2.45) is 12.0 Å². The van der Waals surface area contributed by atoms with E-state index in [9.17, 15) is 4.39 Å². The van der Waals surface area contributed by atoms with Crippen LogP contribution in [0.5, 0.6) is 0 Å². The molecule has 0 bridgehead atoms. The van der Waals surface area contributed by atoms with Crippen molar-refractivity contribution in [3.05, 3.63) is 58.1 Å². The molecule has 1 N–H and O–H groups in total. The van der Waals surface area contributed by atoms with Crippen LogP contribution in [0.15, 0.2) is 46.0 Å². The molecule has 4 nitrogen and oxygen atoms in total. The molecule has 0 saturated heterocycles. The Morgan fingerprint density at radius 1 is 1.39 bits per heavy atom. The molecule has 0 unspecified atom stereocenters. The van der Waals surface area contributed by atoms with Crippen LogP contribution < -0.4 is 5.32 Å². The molecule has 0 saturated carbocycles. The van der Waals surface area contributed by atoms with Crippen LogP contribution in [-0.2, 0) is 20.0 Å². The summed E-state index contributed by atoms with van der Waals surface area (Å²) in [5.41, 5.74) is 1.89. The average molecular weight is 381 g/mol. The summed E-state index contributed by atoms with van der Waals surface area (Å²) in [5, 5.41) is 3.28. The van der Waals surface area contributed by atoms with Crippen molar-refractivity contribution >= 4 is 21.9 Å². The van der Waals surface area contributed by atoms with Crippen LogP contribution >= 0.6 is 15.9 Å². The van der Waals surface area contributed by atoms with E-state index >= 15 is 0 Å². The number of nitrogens with one attached hydrogen (secondary N) is 1. The number of nitrogens with zero attached hydrogens (tertiary/aromatic N) is 3. The van der Waals surface area contributed by atoms with E-state index in [2.05, 4.69) is 36.9 Å². The summed E-state index contributed by atoms with van der Waals surface area (Å²) >= 11 is 3.37. The minimum Gasteiger partial charge on any atom is -0.356 e. The van der Waals surface area contributed by atoms with Crippen LogP contribution in [0.2, 0.25) is 0 Å². The predicted molar refractivity (Wildman–Crippen MR) is 96.0 cm³/mol. The minimum atomic E-state index is -0.179. The molecule has 1 aromatic heterocycles. The van der Waals surface area contributed by atoms with Crippen LogP contribution in [0.1, 0.15) is 11.3 Å². The number of aliphatic imine (C=N–C) groups is 1. The summed E-state index contributed by atoms with van der Waals surface area (Å²) in [6.07, 6.45) is 2.62. The Kier molecular flexibility index (Phi) is 6.21. The highest BCUT2D eigenvalue weighted by Crippen LogP contribution is 2.15. The first kappa shape index (κ1) is 17.5. The van der Waals surface area contributed by atoms with E-state index in [-0.39, 0.29) is 5.82 Å². The first-order valence-electron chi connectivity index (χ1n) is 7.47. The molecule has 0 amide bonds. The quantitative estimate of drug-likeness (QED) is 0.638. The van der Waals surface area contributed by atoms with Gasteiger partial charge in [0.25, 0.3) is 0 Å². The highest BCUT2D eigenvalue weighted by molar-refractivity contribution is 9.10. The van der Waals surface area contributed by atoms with E-state index in [1.165, 1.54) is 11.8 Å². The molecule has 6 heteroatoms. The normalized spacial score (nSPS) is 11.6. The summed E-state index contributed by atoms with van der Waals surface area (Å²) in [6, 6.07) is 9.11. The number of rotatable bonds is 5. The number of halogens is 2. The fourth-order valence-corrected chi connectivity index (χ4v) is 2.82. The van der Waals surface area contributed by atoms with Crippen molar-refractivity contribution in [3.8, 4) is 0 Å². The molecular formula is C17H22BrFN4. The summed E-state index contributed by atoms with van der Waals surface area (Å²) in [5.74, 6) is 0.615. The van der Waals surface area contributed by atoms with Crippen molar-refractivity contribution in [3.63, 3.8) is 0 Å². The second kappa shape index (κ2) is 8.15. The van der Waals surface area contributed by atoms with Gasteiger partial charge in [0, 0.05) is 44.1 Å². The topological polar surface area (TPSA) is 32.6 Å². The van der Waals surface area contributed by atoms with Gasteiger partial charge in [0.2, 0.25) is 0 Å². The third-order valence-corrected chi connectivity index (χ3v) is 4.20. The van der Waals surface area contributed by atoms with E-state index in [1.807, 2.05) is 37.3 Å². The molecular weight excluding hydrogens is 359 g/mol. The number of aromatic nitrogens is 1. The zero-order valence-electron chi connectivity index (χ0n) is 13.7. The van der Waals surface area contributed by atoms with Crippen molar-refractivity contribution in [2.45, 2.75) is 13.0 Å². The number of hydrogen-bond donors (Lipinski definition) is 1. The first-order chi connectivity index (χ1) is 11.0. The van der Waals surface area contributed by atoms with Crippen LogP contribution in [-0.4, -0.2) is 36.1 Å². The highest BCUT2D eigenvalue weighted by atomic mass is 79.9. The Hall–Kier alpha value is -1.82. The standard InChI is InChI=1S/C17H22BrFN4/c1-20-17(23(3)12-15-5-4-10-22(15)2)21-9-8-13-11-14(18)6-7-16(13)19/h4-7,10-11H,8-9,12H2,1-3H3,(H,20,21). The lowest BCUT2D eigenvalue weighted by atomic mass is 10.1. The molecule has 1 aromatic carbocycles. The molecule has 1 heterocycles. The van der Waals surface area contributed by atoms with Gasteiger partial charge in [-0.25, -0.2) is 4.39 Å². The van der Waals surface area contributed by atoms with Gasteiger partial charge >= 0.3 is 0 Å². The zero-order chi connectivity index (χ0) is 16.8. The largest absolute Gasteiger partial charge is 0.356 e. The Bertz CT molecular complexity index is 681. The predicted octanol–water partition coefficient (Wildman–Crippen LogP) is 3.18. The second-order valence-electron chi connectivity index (χ2n) is 5.43. The third-order valence-electron chi connectivity index (χ3n) is 3.71. The molecule has 2 rings (SSSR count). The minimum absolute atomic E-state index is 0.179. The van der Waals surface area contributed by atoms with Gasteiger partial charge in [-0.15, -0.1) is 0 Å². The van der Waals surface area contributed by atoms with Crippen molar-refractivity contribution < 1.29 is 4.39 Å². The van der Waals surface area contributed by atoms with E-state index in [4.69, 9.17) is 0 Å². The lowest BCUT2D eigenvalue weighted by Gasteiger charge is -2.22. The number of hydrogen-bond acceptors (Lipinski definition) is 1. The fourth-order valence-electron chi connectivity index (χ4n) is 2.41. The van der Waals surface area contributed by atoms with E-state index in [1.54, 1.807) is 13.1 Å². The number of guanidine groups is 1. The van der Waals surface area contributed by atoms with Crippen LogP contribution in [0.4, 0.5) is 4.39 Å². The Labute approximate surface area is 145 Å². The molecule has 0 radical (unpaired) electrons. The lowest BCUT2D eigenvalue weighted by Crippen LogP contribution is -2.39. The smallest absolute Gasteiger partial charge is 0.193 e. The van der Waals surface area contributed by atoms with E-state index < -0.39 is 0 Å². The van der Waals surface area contributed by atoms with Crippen molar-refractivity contribution in [1.29, 1.82) is 0 Å². The Balaban J connectivity index is 1.90. The molecule has 2 aromatic rings. The van der Waals surface area contributed by atoms with E-state index in [0.717, 1.165) is 17.0 Å². The Morgan fingerprint density at radius 2 is 2.17 bits per heavy atom. The maximum absolute atomic E-state index is 13.7. The lowest BCUT2D eigenvalue weighted by molar-refractivity contribution is 0.462. The number of aryl methyl sites for hydroxylation is 1. The number of benzene rings is 1. The summed E-state index contributed by atoms with van der Waals surface area (Å²) < 4.78 is 16.7. The maximum atomic E-state index is 13.7. The van der Waals surface area contributed by atoms with Crippen molar-refractivity contribution in [2.75, 3.05) is 20.6 Å². The fraction of sp³-hybridized carbons (Fsp3) is 0.353. The molecule has 124 valence electrons. The maximum Gasteiger partial charge on any atom is 0.193 e. The summed E-state index contributed by atoms with van der Waals surface area (Å²) in [4.78, 5) is 6.34. The van der Waals surface area contributed by atoms with Gasteiger partial charge in [0.15, 0.2) is 5.96 Å². The molecule has 23 heavy (non-hydrogen) atoms. The van der Waals surface area contributed by atoms with Crippen LogP contribution in [0.3, 0.4) is 0 Å². The summed E-state index contributed by atoms with van der Waals surface area (Å²) in [6.45, 7) is 1.38. The molecule has 0 atom stereocenters. The SMILES string of the molecule is CN=C(NCCc1cc(Br)ccc1F)N(C)Cc1cccn1C. The third kappa shape index (κ3) is 4.82. The monoisotopic (exact) mass is 380 g/mol. The first-order valence-corrected chi connectivity index (χ1v) is 8.26. The van der Waals surface area contributed by atoms with Gasteiger partial charge in [0.1, 0.15) is 5.82 Å². The zero-order valence-corrected chi connectivity index (χ0v) is 15.3. The molecule has 0 spiro atoms. The summed E-state index contributed by atoms with van der Waals surface area (Å²) in [7, 11) is 5.76. The van der Waals surface area contributed by atoms with Gasteiger partial charge in [-0.05, 0) is 42.3 Å². The van der Waals surface area contributed by atoms with Crippen LogP contribution in [0.25, 0.3) is 0 Å². The van der Waals surface area contributed by atoms with E-state index in [0.29, 0.717) is 18.5 Å².